The number of carbonyl (C=O) groups excluding carboxylic acids is 1. The van der Waals surface area contributed by atoms with Crippen LogP contribution in [0.1, 0.15) is 32.8 Å². The van der Waals surface area contributed by atoms with Gasteiger partial charge in [0, 0.05) is 13.1 Å². The zero-order valence-corrected chi connectivity index (χ0v) is 13.8. The van der Waals surface area contributed by atoms with Crippen molar-refractivity contribution in [3.05, 3.63) is 23.8 Å². The minimum Gasteiger partial charge on any atom is -0.454 e. The van der Waals surface area contributed by atoms with Crippen LogP contribution in [0.4, 0.5) is 0 Å². The quantitative estimate of drug-likeness (QED) is 0.875. The molecule has 0 saturated heterocycles. The van der Waals surface area contributed by atoms with Gasteiger partial charge in [-0.05, 0) is 43.4 Å². The standard InChI is InChI=1S/C17H26N2O3/c1-11(2)7-14(18)17(20)19(4)12(3)8-13-5-6-15-16(9-13)22-10-21-15/h5-6,9,11-12,14H,7-8,10,18H2,1-4H3. The number of hydrogen-bond acceptors (Lipinski definition) is 4. The highest BCUT2D eigenvalue weighted by Gasteiger charge is 2.23. The van der Waals surface area contributed by atoms with E-state index in [1.54, 1.807) is 4.90 Å². The van der Waals surface area contributed by atoms with Crippen LogP contribution in [0.15, 0.2) is 18.2 Å². The minimum absolute atomic E-state index is 0.00180. The number of benzene rings is 1. The number of nitrogens with two attached hydrogens (primary N) is 1. The first-order valence-corrected chi connectivity index (χ1v) is 7.79. The third kappa shape index (κ3) is 3.91. The van der Waals surface area contributed by atoms with Gasteiger partial charge in [-0.25, -0.2) is 0 Å². The van der Waals surface area contributed by atoms with E-state index in [9.17, 15) is 4.79 Å². The van der Waals surface area contributed by atoms with Crippen molar-refractivity contribution in [3.63, 3.8) is 0 Å². The average molecular weight is 306 g/mol. The van der Waals surface area contributed by atoms with E-state index in [1.165, 1.54) is 0 Å². The van der Waals surface area contributed by atoms with Gasteiger partial charge in [0.25, 0.3) is 0 Å². The fraction of sp³-hybridized carbons (Fsp3) is 0.588. The molecule has 0 aliphatic carbocycles. The molecule has 2 unspecified atom stereocenters. The third-order valence-electron chi connectivity index (χ3n) is 4.02. The first kappa shape index (κ1) is 16.6. The topological polar surface area (TPSA) is 64.8 Å². The Labute approximate surface area is 132 Å². The van der Waals surface area contributed by atoms with E-state index in [0.29, 0.717) is 12.3 Å². The molecule has 0 radical (unpaired) electrons. The van der Waals surface area contributed by atoms with Crippen LogP contribution in [0, 0.1) is 5.92 Å². The van der Waals surface area contributed by atoms with Crippen LogP contribution < -0.4 is 15.2 Å². The highest BCUT2D eigenvalue weighted by molar-refractivity contribution is 5.81. The number of carbonyl (C=O) groups is 1. The molecule has 1 amide bonds. The first-order chi connectivity index (χ1) is 10.4. The van der Waals surface area contributed by atoms with E-state index in [4.69, 9.17) is 15.2 Å². The molecule has 2 N–H and O–H groups in total. The number of hydrogen-bond donors (Lipinski definition) is 1. The van der Waals surface area contributed by atoms with Crippen molar-refractivity contribution in [1.29, 1.82) is 0 Å². The number of nitrogens with zero attached hydrogens (tertiary/aromatic N) is 1. The second kappa shape index (κ2) is 7.01. The van der Waals surface area contributed by atoms with Crippen molar-refractivity contribution in [2.24, 2.45) is 11.7 Å². The monoisotopic (exact) mass is 306 g/mol. The van der Waals surface area contributed by atoms with Crippen LogP contribution in [0.5, 0.6) is 11.5 Å². The molecule has 1 aliphatic rings. The van der Waals surface area contributed by atoms with Crippen LogP contribution in [0.2, 0.25) is 0 Å². The fourth-order valence-electron chi connectivity index (χ4n) is 2.63. The summed E-state index contributed by atoms with van der Waals surface area (Å²) in [5.74, 6) is 1.97. The van der Waals surface area contributed by atoms with Gasteiger partial charge >= 0.3 is 0 Å². The van der Waals surface area contributed by atoms with E-state index < -0.39 is 6.04 Å². The summed E-state index contributed by atoms with van der Waals surface area (Å²) in [5, 5.41) is 0. The summed E-state index contributed by atoms with van der Waals surface area (Å²) in [6.45, 7) is 6.45. The average Bonchev–Trinajstić information content (AvgIpc) is 2.92. The predicted octanol–water partition coefficient (Wildman–Crippen LogP) is 2.18. The molecule has 1 heterocycles. The molecule has 0 aromatic heterocycles. The predicted molar refractivity (Wildman–Crippen MR) is 85.9 cm³/mol. The molecule has 0 saturated carbocycles. The van der Waals surface area contributed by atoms with Gasteiger partial charge in [-0.2, -0.15) is 0 Å². The van der Waals surface area contributed by atoms with E-state index in [0.717, 1.165) is 23.5 Å². The van der Waals surface area contributed by atoms with E-state index in [2.05, 4.69) is 13.8 Å². The molecule has 1 aromatic rings. The molecule has 0 spiro atoms. The molecule has 1 aliphatic heterocycles. The summed E-state index contributed by atoms with van der Waals surface area (Å²) in [6, 6.07) is 5.55. The lowest BCUT2D eigenvalue weighted by atomic mass is 10.0. The molecule has 5 heteroatoms. The number of fused-ring (bicyclic) bond motifs is 1. The van der Waals surface area contributed by atoms with Crippen molar-refractivity contribution < 1.29 is 14.3 Å². The summed E-state index contributed by atoms with van der Waals surface area (Å²) in [4.78, 5) is 14.1. The maximum Gasteiger partial charge on any atom is 0.239 e. The highest BCUT2D eigenvalue weighted by Crippen LogP contribution is 2.32. The number of rotatable bonds is 6. The SMILES string of the molecule is CC(C)CC(N)C(=O)N(C)C(C)Cc1ccc2c(c1)OCO2. The Balaban J connectivity index is 1.96. The van der Waals surface area contributed by atoms with Gasteiger partial charge in [-0.3, -0.25) is 4.79 Å². The molecule has 2 atom stereocenters. The zero-order valence-electron chi connectivity index (χ0n) is 13.8. The van der Waals surface area contributed by atoms with Gasteiger partial charge < -0.3 is 20.1 Å². The normalized spacial score (nSPS) is 15.7. The summed E-state index contributed by atoms with van der Waals surface area (Å²) < 4.78 is 10.7. The molecular formula is C17H26N2O3. The van der Waals surface area contributed by atoms with Crippen LogP contribution >= 0.6 is 0 Å². The summed E-state index contributed by atoms with van der Waals surface area (Å²) in [7, 11) is 1.82. The smallest absolute Gasteiger partial charge is 0.239 e. The van der Waals surface area contributed by atoms with Gasteiger partial charge in [-0.15, -0.1) is 0 Å². The van der Waals surface area contributed by atoms with Crippen LogP contribution in [0.3, 0.4) is 0 Å². The van der Waals surface area contributed by atoms with Crippen LogP contribution in [0.25, 0.3) is 0 Å². The number of ether oxygens (including phenoxy) is 2. The van der Waals surface area contributed by atoms with E-state index >= 15 is 0 Å². The minimum atomic E-state index is -0.427. The van der Waals surface area contributed by atoms with Gasteiger partial charge in [-0.1, -0.05) is 19.9 Å². The van der Waals surface area contributed by atoms with Crippen molar-refractivity contribution >= 4 is 5.91 Å². The Hall–Kier alpha value is -1.75. The maximum absolute atomic E-state index is 12.4. The van der Waals surface area contributed by atoms with Crippen LogP contribution in [-0.2, 0) is 11.2 Å². The Bertz CT molecular complexity index is 531. The third-order valence-corrected chi connectivity index (χ3v) is 4.02. The van der Waals surface area contributed by atoms with E-state index in [1.807, 2.05) is 32.2 Å². The first-order valence-electron chi connectivity index (χ1n) is 7.79. The number of likely N-dealkylation sites (N-methyl/N-ethyl adjacent to an activating group) is 1. The number of amides is 1. The second-order valence-corrected chi connectivity index (χ2v) is 6.43. The molecule has 0 bridgehead atoms. The lowest BCUT2D eigenvalue weighted by Gasteiger charge is -2.28. The van der Waals surface area contributed by atoms with Crippen molar-refractivity contribution in [2.45, 2.75) is 45.7 Å². The highest BCUT2D eigenvalue weighted by atomic mass is 16.7. The molecule has 22 heavy (non-hydrogen) atoms. The Kier molecular flexibility index (Phi) is 5.29. The fourth-order valence-corrected chi connectivity index (χ4v) is 2.63. The Morgan fingerprint density at radius 3 is 2.64 bits per heavy atom. The van der Waals surface area contributed by atoms with Crippen molar-refractivity contribution in [3.8, 4) is 11.5 Å². The van der Waals surface area contributed by atoms with Crippen molar-refractivity contribution in [1.82, 2.24) is 4.90 Å². The molecular weight excluding hydrogens is 280 g/mol. The lowest BCUT2D eigenvalue weighted by Crippen LogP contribution is -2.46. The largest absolute Gasteiger partial charge is 0.454 e. The molecule has 122 valence electrons. The molecule has 1 aromatic carbocycles. The zero-order chi connectivity index (χ0) is 16.3. The van der Waals surface area contributed by atoms with E-state index in [-0.39, 0.29) is 18.7 Å². The van der Waals surface area contributed by atoms with Crippen LogP contribution in [-0.4, -0.2) is 36.7 Å². The van der Waals surface area contributed by atoms with Gasteiger partial charge in [0.1, 0.15) is 0 Å². The summed E-state index contributed by atoms with van der Waals surface area (Å²) in [5.41, 5.74) is 7.12. The molecule has 0 fully saturated rings. The Morgan fingerprint density at radius 1 is 1.27 bits per heavy atom. The second-order valence-electron chi connectivity index (χ2n) is 6.43. The Morgan fingerprint density at radius 2 is 1.95 bits per heavy atom. The van der Waals surface area contributed by atoms with Crippen molar-refractivity contribution in [2.75, 3.05) is 13.8 Å². The van der Waals surface area contributed by atoms with Gasteiger partial charge in [0.2, 0.25) is 12.7 Å². The lowest BCUT2D eigenvalue weighted by molar-refractivity contribution is -0.133. The maximum atomic E-state index is 12.4. The molecule has 2 rings (SSSR count). The molecule has 5 nitrogen and oxygen atoms in total. The van der Waals surface area contributed by atoms with Gasteiger partial charge in [0.15, 0.2) is 11.5 Å². The summed E-state index contributed by atoms with van der Waals surface area (Å²) >= 11 is 0. The van der Waals surface area contributed by atoms with Gasteiger partial charge in [0.05, 0.1) is 6.04 Å². The summed E-state index contributed by atoms with van der Waals surface area (Å²) in [6.07, 6.45) is 1.47.